The number of para-hydroxylation sites is 1. The molecule has 0 amide bonds. The number of hydrogen-bond donors (Lipinski definition) is 2. The van der Waals surface area contributed by atoms with Crippen molar-refractivity contribution in [3.05, 3.63) is 29.8 Å². The van der Waals surface area contributed by atoms with Crippen LogP contribution in [-0.2, 0) is 6.61 Å². The monoisotopic (exact) mass is 290 g/mol. The van der Waals surface area contributed by atoms with Gasteiger partial charge in [-0.25, -0.2) is 0 Å². The first kappa shape index (κ1) is 17.5. The molecule has 4 heteroatoms. The maximum absolute atomic E-state index is 9.42. The van der Waals surface area contributed by atoms with Gasteiger partial charge in [-0.05, 0) is 38.3 Å². The second kappa shape index (κ2) is 9.38. The zero-order valence-electron chi connectivity index (χ0n) is 13.1. The van der Waals surface area contributed by atoms with Crippen molar-refractivity contribution in [1.82, 2.24) is 5.32 Å². The molecule has 1 unspecified atom stereocenters. The number of hydrogen-bond acceptors (Lipinski definition) is 4. The van der Waals surface area contributed by atoms with Gasteiger partial charge in [0.15, 0.2) is 0 Å². The average molecular weight is 290 g/mol. The molecular weight excluding hydrogens is 264 g/mol. The highest BCUT2D eigenvalue weighted by molar-refractivity contribution is 5.32. The lowest BCUT2D eigenvalue weighted by Gasteiger charge is -2.26. The van der Waals surface area contributed by atoms with Gasteiger partial charge in [0.05, 0.1) is 19.3 Å². The molecule has 0 saturated carbocycles. The number of nitriles is 1. The van der Waals surface area contributed by atoms with Gasteiger partial charge in [0, 0.05) is 5.56 Å². The summed E-state index contributed by atoms with van der Waals surface area (Å²) in [5.41, 5.74) is 0.346. The molecule has 0 aliphatic rings. The Hall–Kier alpha value is -1.57. The Morgan fingerprint density at radius 3 is 2.71 bits per heavy atom. The topological polar surface area (TPSA) is 65.3 Å². The molecule has 1 atom stereocenters. The van der Waals surface area contributed by atoms with Crippen LogP contribution in [0.2, 0.25) is 0 Å². The van der Waals surface area contributed by atoms with Crippen molar-refractivity contribution in [2.45, 2.75) is 51.7 Å². The molecule has 0 fully saturated rings. The molecule has 2 N–H and O–H groups in total. The van der Waals surface area contributed by atoms with Crippen LogP contribution < -0.4 is 10.1 Å². The van der Waals surface area contributed by atoms with Crippen LogP contribution in [0.5, 0.6) is 5.75 Å². The summed E-state index contributed by atoms with van der Waals surface area (Å²) in [6.07, 6.45) is 3.37. The van der Waals surface area contributed by atoms with E-state index >= 15 is 0 Å². The molecule has 1 aromatic carbocycles. The van der Waals surface area contributed by atoms with Gasteiger partial charge >= 0.3 is 0 Å². The van der Waals surface area contributed by atoms with Crippen LogP contribution >= 0.6 is 0 Å². The van der Waals surface area contributed by atoms with Crippen molar-refractivity contribution in [1.29, 1.82) is 5.26 Å². The number of aliphatic hydroxyl groups excluding tert-OH is 1. The highest BCUT2D eigenvalue weighted by Gasteiger charge is 2.26. The third-order valence-corrected chi connectivity index (χ3v) is 3.68. The Morgan fingerprint density at radius 2 is 2.10 bits per heavy atom. The first-order valence-corrected chi connectivity index (χ1v) is 7.69. The lowest BCUT2D eigenvalue weighted by molar-refractivity contribution is 0.251. The van der Waals surface area contributed by atoms with Gasteiger partial charge in [-0.15, -0.1) is 0 Å². The molecule has 0 heterocycles. The molecular formula is C17H26N2O2. The number of nitrogens with one attached hydrogen (secondary N) is 1. The third kappa shape index (κ3) is 5.37. The zero-order chi connectivity index (χ0) is 15.6. The van der Waals surface area contributed by atoms with Crippen LogP contribution in [0.25, 0.3) is 0 Å². The standard InChI is InChI=1S/C17H26N2O2/c1-3-11-19-17(4-2,14-18)10-7-12-21-16-9-6-5-8-15(16)13-20/h5-6,8-9,19-20H,3-4,7,10-13H2,1-2H3. The summed E-state index contributed by atoms with van der Waals surface area (Å²) in [6, 6.07) is 9.90. The number of ether oxygens (including phenoxy) is 1. The molecule has 0 saturated heterocycles. The van der Waals surface area contributed by atoms with Crippen molar-refractivity contribution in [2.75, 3.05) is 13.2 Å². The Labute approximate surface area is 127 Å². The second-order valence-corrected chi connectivity index (χ2v) is 5.19. The van der Waals surface area contributed by atoms with Crippen molar-refractivity contribution in [3.8, 4) is 11.8 Å². The van der Waals surface area contributed by atoms with Gasteiger partial charge in [-0.3, -0.25) is 5.32 Å². The largest absolute Gasteiger partial charge is 0.493 e. The molecule has 1 aromatic rings. The summed E-state index contributed by atoms with van der Waals surface area (Å²) in [6.45, 7) is 5.52. The quantitative estimate of drug-likeness (QED) is 0.650. The number of nitrogens with zero attached hydrogens (tertiary/aromatic N) is 1. The van der Waals surface area contributed by atoms with E-state index in [-0.39, 0.29) is 6.61 Å². The molecule has 0 spiro atoms. The van der Waals surface area contributed by atoms with Crippen molar-refractivity contribution >= 4 is 0 Å². The lowest BCUT2D eigenvalue weighted by Crippen LogP contribution is -2.44. The predicted octanol–water partition coefficient (Wildman–Crippen LogP) is 3.01. The van der Waals surface area contributed by atoms with Crippen LogP contribution in [0, 0.1) is 11.3 Å². The van der Waals surface area contributed by atoms with E-state index in [1.54, 1.807) is 0 Å². The summed E-state index contributed by atoms with van der Waals surface area (Å²) in [5.74, 6) is 0.723. The fourth-order valence-corrected chi connectivity index (χ4v) is 2.26. The molecule has 0 bridgehead atoms. The van der Waals surface area contributed by atoms with E-state index in [9.17, 15) is 10.4 Å². The Kier molecular flexibility index (Phi) is 7.81. The van der Waals surface area contributed by atoms with Crippen molar-refractivity contribution in [3.63, 3.8) is 0 Å². The summed E-state index contributed by atoms with van der Waals surface area (Å²) in [5, 5.41) is 22.0. The van der Waals surface area contributed by atoms with Gasteiger partial charge in [0.1, 0.15) is 11.3 Å². The summed E-state index contributed by atoms with van der Waals surface area (Å²) in [4.78, 5) is 0. The minimum atomic E-state index is -0.449. The van der Waals surface area contributed by atoms with E-state index in [1.165, 1.54) is 0 Å². The van der Waals surface area contributed by atoms with Gasteiger partial charge in [0.25, 0.3) is 0 Å². The van der Waals surface area contributed by atoms with E-state index in [0.29, 0.717) is 6.61 Å². The molecule has 0 aromatic heterocycles. The van der Waals surface area contributed by atoms with Gasteiger partial charge < -0.3 is 9.84 Å². The lowest BCUT2D eigenvalue weighted by atomic mass is 9.92. The SMILES string of the molecule is CCCNC(C#N)(CC)CCCOc1ccccc1CO. The molecule has 21 heavy (non-hydrogen) atoms. The molecule has 4 nitrogen and oxygen atoms in total. The highest BCUT2D eigenvalue weighted by atomic mass is 16.5. The van der Waals surface area contributed by atoms with Crippen LogP contribution in [0.3, 0.4) is 0 Å². The molecule has 0 radical (unpaired) electrons. The second-order valence-electron chi connectivity index (χ2n) is 5.19. The molecule has 1 rings (SSSR count). The fourth-order valence-electron chi connectivity index (χ4n) is 2.26. The summed E-state index contributed by atoms with van der Waals surface area (Å²) in [7, 11) is 0. The number of rotatable bonds is 10. The minimum absolute atomic E-state index is 0.0225. The zero-order valence-corrected chi connectivity index (χ0v) is 13.1. The summed E-state index contributed by atoms with van der Waals surface area (Å²) >= 11 is 0. The number of benzene rings is 1. The van der Waals surface area contributed by atoms with Crippen LogP contribution in [0.1, 0.15) is 45.1 Å². The first-order chi connectivity index (χ1) is 10.2. The highest BCUT2D eigenvalue weighted by Crippen LogP contribution is 2.20. The molecule has 0 aliphatic heterocycles. The minimum Gasteiger partial charge on any atom is -0.493 e. The number of aliphatic hydroxyl groups is 1. The Balaban J connectivity index is 2.46. The summed E-state index contributed by atoms with van der Waals surface area (Å²) < 4.78 is 5.72. The van der Waals surface area contributed by atoms with E-state index in [4.69, 9.17) is 4.74 Å². The van der Waals surface area contributed by atoms with Crippen molar-refractivity contribution in [2.24, 2.45) is 0 Å². The third-order valence-electron chi connectivity index (χ3n) is 3.68. The van der Waals surface area contributed by atoms with Gasteiger partial charge in [-0.1, -0.05) is 32.0 Å². The molecule has 116 valence electrons. The van der Waals surface area contributed by atoms with E-state index in [1.807, 2.05) is 31.2 Å². The van der Waals surface area contributed by atoms with Crippen LogP contribution in [0.4, 0.5) is 0 Å². The van der Waals surface area contributed by atoms with Gasteiger partial charge in [-0.2, -0.15) is 5.26 Å². The maximum atomic E-state index is 9.42. The predicted molar refractivity (Wildman–Crippen MR) is 84.0 cm³/mol. The van der Waals surface area contributed by atoms with E-state index in [0.717, 1.165) is 43.5 Å². The maximum Gasteiger partial charge on any atom is 0.124 e. The van der Waals surface area contributed by atoms with E-state index < -0.39 is 5.54 Å². The van der Waals surface area contributed by atoms with Crippen LogP contribution in [0.15, 0.2) is 24.3 Å². The van der Waals surface area contributed by atoms with Crippen molar-refractivity contribution < 1.29 is 9.84 Å². The van der Waals surface area contributed by atoms with Gasteiger partial charge in [0.2, 0.25) is 0 Å². The fraction of sp³-hybridized carbons (Fsp3) is 0.588. The average Bonchev–Trinajstić information content (AvgIpc) is 2.55. The van der Waals surface area contributed by atoms with E-state index in [2.05, 4.69) is 18.3 Å². The Morgan fingerprint density at radius 1 is 1.33 bits per heavy atom. The normalized spacial score (nSPS) is 13.4. The van der Waals surface area contributed by atoms with Crippen LogP contribution in [-0.4, -0.2) is 23.8 Å². The molecule has 0 aliphatic carbocycles. The Bertz CT molecular complexity index is 456. The first-order valence-electron chi connectivity index (χ1n) is 7.69. The smallest absolute Gasteiger partial charge is 0.124 e.